The normalized spacial score (nSPS) is 17.6. The van der Waals surface area contributed by atoms with Gasteiger partial charge in [-0.25, -0.2) is 9.97 Å². The van der Waals surface area contributed by atoms with Crippen molar-refractivity contribution in [2.75, 3.05) is 13.6 Å². The fraction of sp³-hybridized carbons (Fsp3) is 0.533. The molecule has 1 atom stereocenters. The minimum Gasteiger partial charge on any atom is -0.341 e. The molecule has 1 amide bonds. The van der Waals surface area contributed by atoms with Crippen LogP contribution in [0.5, 0.6) is 0 Å². The summed E-state index contributed by atoms with van der Waals surface area (Å²) in [6.07, 6.45) is -2.15. The molecule has 5 nitrogen and oxygen atoms in total. The molecule has 0 bridgehead atoms. The maximum Gasteiger partial charge on any atom is 0.434 e. The highest BCUT2D eigenvalue weighted by atomic mass is 32.1. The number of nitrogens with zero attached hydrogens (tertiary/aromatic N) is 4. The van der Waals surface area contributed by atoms with Crippen molar-refractivity contribution in [1.82, 2.24) is 19.4 Å². The van der Waals surface area contributed by atoms with E-state index < -0.39 is 11.9 Å². The van der Waals surface area contributed by atoms with Crippen LogP contribution in [0.15, 0.2) is 11.7 Å². The van der Waals surface area contributed by atoms with Gasteiger partial charge in [-0.2, -0.15) is 13.2 Å². The molecule has 0 spiro atoms. The smallest absolute Gasteiger partial charge is 0.341 e. The maximum atomic E-state index is 12.7. The second-order valence-corrected chi connectivity index (χ2v) is 6.90. The van der Waals surface area contributed by atoms with Crippen LogP contribution in [0, 0.1) is 12.8 Å². The Morgan fingerprint density at radius 3 is 2.88 bits per heavy atom. The Hall–Kier alpha value is -1.90. The summed E-state index contributed by atoms with van der Waals surface area (Å²) in [7, 11) is 1.71. The SMILES string of the molecule is Cc1ncsc1C(=O)N(C)C[C@H]1CCc2nc(C(F)(F)F)cn2C1. The van der Waals surface area contributed by atoms with Gasteiger partial charge in [0.05, 0.1) is 11.2 Å². The van der Waals surface area contributed by atoms with Crippen molar-refractivity contribution < 1.29 is 18.0 Å². The third-order valence-corrected chi connectivity index (χ3v) is 5.12. The second kappa shape index (κ2) is 6.19. The maximum absolute atomic E-state index is 12.7. The minimum absolute atomic E-state index is 0.0950. The Labute approximate surface area is 141 Å². The number of hydrogen-bond donors (Lipinski definition) is 0. The molecular formula is C15H17F3N4OS. The van der Waals surface area contributed by atoms with Gasteiger partial charge >= 0.3 is 6.18 Å². The van der Waals surface area contributed by atoms with E-state index in [-0.39, 0.29) is 11.8 Å². The largest absolute Gasteiger partial charge is 0.434 e. The van der Waals surface area contributed by atoms with Gasteiger partial charge in [-0.3, -0.25) is 4.79 Å². The van der Waals surface area contributed by atoms with Crippen molar-refractivity contribution in [3.05, 3.63) is 33.8 Å². The van der Waals surface area contributed by atoms with Crippen LogP contribution in [-0.4, -0.2) is 38.9 Å². The fourth-order valence-electron chi connectivity index (χ4n) is 2.95. The number of carbonyl (C=O) groups is 1. The van der Waals surface area contributed by atoms with Crippen molar-refractivity contribution in [3.8, 4) is 0 Å². The van der Waals surface area contributed by atoms with Gasteiger partial charge in [-0.15, -0.1) is 11.3 Å². The summed E-state index contributed by atoms with van der Waals surface area (Å²) in [4.78, 5) is 22.4. The Balaban J connectivity index is 1.66. The quantitative estimate of drug-likeness (QED) is 0.848. The van der Waals surface area contributed by atoms with Gasteiger partial charge in [-0.05, 0) is 19.3 Å². The van der Waals surface area contributed by atoms with Crippen molar-refractivity contribution in [2.24, 2.45) is 5.92 Å². The molecule has 0 fully saturated rings. The lowest BCUT2D eigenvalue weighted by molar-refractivity contribution is -0.141. The van der Waals surface area contributed by atoms with Crippen molar-refractivity contribution >= 4 is 17.2 Å². The molecule has 0 radical (unpaired) electrons. The molecule has 130 valence electrons. The monoisotopic (exact) mass is 358 g/mol. The molecular weight excluding hydrogens is 341 g/mol. The van der Waals surface area contributed by atoms with E-state index in [0.29, 0.717) is 42.3 Å². The molecule has 2 aromatic rings. The van der Waals surface area contributed by atoms with Crippen molar-refractivity contribution in [3.63, 3.8) is 0 Å². The van der Waals surface area contributed by atoms with Crippen molar-refractivity contribution in [2.45, 2.75) is 32.5 Å². The lowest BCUT2D eigenvalue weighted by Crippen LogP contribution is -2.35. The van der Waals surface area contributed by atoms with E-state index in [2.05, 4.69) is 9.97 Å². The molecule has 0 aliphatic carbocycles. The van der Waals surface area contributed by atoms with Crippen LogP contribution < -0.4 is 0 Å². The number of carbonyl (C=O) groups excluding carboxylic acids is 1. The van der Waals surface area contributed by atoms with E-state index in [1.807, 2.05) is 0 Å². The highest BCUT2D eigenvalue weighted by Gasteiger charge is 2.36. The highest BCUT2D eigenvalue weighted by Crippen LogP contribution is 2.31. The average molecular weight is 358 g/mol. The Morgan fingerprint density at radius 2 is 2.25 bits per heavy atom. The van der Waals surface area contributed by atoms with Crippen LogP contribution in [0.3, 0.4) is 0 Å². The van der Waals surface area contributed by atoms with E-state index in [0.717, 1.165) is 6.20 Å². The number of amides is 1. The number of alkyl halides is 3. The molecule has 0 saturated heterocycles. The summed E-state index contributed by atoms with van der Waals surface area (Å²) in [6.45, 7) is 2.72. The molecule has 3 heterocycles. The van der Waals surface area contributed by atoms with Crippen molar-refractivity contribution in [1.29, 1.82) is 0 Å². The molecule has 24 heavy (non-hydrogen) atoms. The lowest BCUT2D eigenvalue weighted by Gasteiger charge is -2.28. The molecule has 0 unspecified atom stereocenters. The van der Waals surface area contributed by atoms with E-state index in [4.69, 9.17) is 0 Å². The number of fused-ring (bicyclic) bond motifs is 1. The molecule has 0 aromatic carbocycles. The summed E-state index contributed by atoms with van der Waals surface area (Å²) < 4.78 is 39.8. The average Bonchev–Trinajstić information content (AvgIpc) is 3.11. The third-order valence-electron chi connectivity index (χ3n) is 4.20. The number of rotatable bonds is 3. The van der Waals surface area contributed by atoms with E-state index >= 15 is 0 Å². The van der Waals surface area contributed by atoms with Gasteiger partial charge in [0.25, 0.3) is 5.91 Å². The van der Waals surface area contributed by atoms with Crippen LogP contribution in [-0.2, 0) is 19.1 Å². The number of hydrogen-bond acceptors (Lipinski definition) is 4. The molecule has 1 aliphatic rings. The minimum atomic E-state index is -4.42. The predicted octanol–water partition coefficient (Wildman–Crippen LogP) is 3.00. The van der Waals surface area contributed by atoms with Gasteiger partial charge in [0.2, 0.25) is 0 Å². The number of aromatic nitrogens is 3. The molecule has 0 saturated carbocycles. The van der Waals surface area contributed by atoms with Gasteiger partial charge in [0.15, 0.2) is 5.69 Å². The first kappa shape index (κ1) is 16.9. The summed E-state index contributed by atoms with van der Waals surface area (Å²) in [5, 5.41) is 0. The highest BCUT2D eigenvalue weighted by molar-refractivity contribution is 7.11. The Kier molecular flexibility index (Phi) is 4.37. The summed E-state index contributed by atoms with van der Waals surface area (Å²) in [6, 6.07) is 0. The predicted molar refractivity (Wildman–Crippen MR) is 82.9 cm³/mol. The van der Waals surface area contributed by atoms with E-state index in [1.165, 1.54) is 11.3 Å². The van der Waals surface area contributed by atoms with E-state index in [1.54, 1.807) is 28.9 Å². The standard InChI is InChI=1S/C15H17F3N4OS/c1-9-13(24-8-19-9)14(23)21(2)5-10-3-4-12-20-11(15(16,17)18)7-22(12)6-10/h7-8,10H,3-6H2,1-2H3/t10-/m1/s1. The summed E-state index contributed by atoms with van der Waals surface area (Å²) in [5.74, 6) is 0.475. The number of imidazole rings is 1. The van der Waals surface area contributed by atoms with Gasteiger partial charge in [0.1, 0.15) is 10.7 Å². The number of thiazole rings is 1. The third kappa shape index (κ3) is 3.31. The second-order valence-electron chi connectivity index (χ2n) is 6.05. The summed E-state index contributed by atoms with van der Waals surface area (Å²) in [5.41, 5.74) is 1.49. The zero-order valence-corrected chi connectivity index (χ0v) is 14.1. The van der Waals surface area contributed by atoms with Crippen LogP contribution in [0.2, 0.25) is 0 Å². The Bertz CT molecular complexity index is 752. The van der Waals surface area contributed by atoms with Gasteiger partial charge in [0, 0.05) is 32.8 Å². The summed E-state index contributed by atoms with van der Waals surface area (Å²) >= 11 is 1.30. The first-order chi connectivity index (χ1) is 11.3. The molecule has 3 rings (SSSR count). The van der Waals surface area contributed by atoms with Crippen LogP contribution in [0.4, 0.5) is 13.2 Å². The zero-order chi connectivity index (χ0) is 17.5. The topological polar surface area (TPSA) is 51.0 Å². The Morgan fingerprint density at radius 1 is 1.50 bits per heavy atom. The molecule has 9 heteroatoms. The first-order valence-electron chi connectivity index (χ1n) is 7.54. The fourth-order valence-corrected chi connectivity index (χ4v) is 3.75. The van der Waals surface area contributed by atoms with Gasteiger partial charge in [-0.1, -0.05) is 0 Å². The lowest BCUT2D eigenvalue weighted by atomic mass is 9.99. The molecule has 0 N–H and O–H groups in total. The first-order valence-corrected chi connectivity index (χ1v) is 8.42. The number of aryl methyl sites for hydroxylation is 2. The number of halogens is 3. The van der Waals surface area contributed by atoms with Crippen LogP contribution in [0.1, 0.15) is 33.3 Å². The van der Waals surface area contributed by atoms with Gasteiger partial charge < -0.3 is 9.47 Å². The molecule has 2 aromatic heterocycles. The van der Waals surface area contributed by atoms with E-state index in [9.17, 15) is 18.0 Å². The zero-order valence-electron chi connectivity index (χ0n) is 13.3. The molecule has 1 aliphatic heterocycles. The van der Waals surface area contributed by atoms with Crippen LogP contribution in [0.25, 0.3) is 0 Å². The van der Waals surface area contributed by atoms with Crippen LogP contribution >= 0.6 is 11.3 Å².